The normalized spacial score (nSPS) is 15.0. The number of anilines is 1. The Morgan fingerprint density at radius 3 is 2.37 bits per heavy atom. The van der Waals surface area contributed by atoms with Gasteiger partial charge in [-0.25, -0.2) is 8.42 Å². The van der Waals surface area contributed by atoms with E-state index in [2.05, 4.69) is 5.32 Å². The Bertz CT molecular complexity index is 1130. The molecule has 1 aliphatic carbocycles. The van der Waals surface area contributed by atoms with Crippen LogP contribution in [0.1, 0.15) is 43.7 Å². The van der Waals surface area contributed by atoms with Gasteiger partial charge in [-0.3, -0.25) is 13.9 Å². The fraction of sp³-hybridized carbons (Fsp3) is 0.462. The van der Waals surface area contributed by atoms with Gasteiger partial charge in [-0.05, 0) is 56.4 Å². The van der Waals surface area contributed by atoms with Crippen molar-refractivity contribution in [3.8, 4) is 0 Å². The van der Waals surface area contributed by atoms with Crippen molar-refractivity contribution in [1.82, 2.24) is 10.2 Å². The third kappa shape index (κ3) is 7.21. The van der Waals surface area contributed by atoms with Gasteiger partial charge in [0, 0.05) is 17.6 Å². The largest absolute Gasteiger partial charge is 0.352 e. The molecule has 3 rings (SSSR count). The number of halogens is 1. The SMILES string of the molecule is Cc1c(Cl)cccc1N(CC(=O)N(CCc1ccccc1)[C@@H](C)C(=O)NC1CCCC1)S(C)(=O)=O. The highest BCUT2D eigenvalue weighted by molar-refractivity contribution is 7.92. The molecule has 0 aliphatic heterocycles. The second-order valence-electron chi connectivity index (χ2n) is 9.14. The van der Waals surface area contributed by atoms with E-state index >= 15 is 0 Å². The van der Waals surface area contributed by atoms with E-state index in [1.807, 2.05) is 30.3 Å². The molecular weight excluding hydrogens is 486 g/mol. The topological polar surface area (TPSA) is 86.8 Å². The van der Waals surface area contributed by atoms with Crippen LogP contribution in [0, 0.1) is 6.92 Å². The number of carbonyl (C=O) groups excluding carboxylic acids is 2. The summed E-state index contributed by atoms with van der Waals surface area (Å²) < 4.78 is 26.5. The van der Waals surface area contributed by atoms with Gasteiger partial charge in [0.25, 0.3) is 0 Å². The number of benzene rings is 2. The number of hydrogen-bond donors (Lipinski definition) is 1. The van der Waals surface area contributed by atoms with E-state index in [1.54, 1.807) is 32.0 Å². The van der Waals surface area contributed by atoms with Crippen LogP contribution in [0.2, 0.25) is 5.02 Å². The monoisotopic (exact) mass is 519 g/mol. The van der Waals surface area contributed by atoms with Gasteiger partial charge in [-0.1, -0.05) is 60.8 Å². The maximum absolute atomic E-state index is 13.6. The number of amides is 2. The van der Waals surface area contributed by atoms with Crippen molar-refractivity contribution in [2.45, 2.75) is 58.0 Å². The van der Waals surface area contributed by atoms with Gasteiger partial charge in [-0.2, -0.15) is 0 Å². The summed E-state index contributed by atoms with van der Waals surface area (Å²) in [6.45, 7) is 3.28. The van der Waals surface area contributed by atoms with Gasteiger partial charge in [-0.15, -0.1) is 0 Å². The fourth-order valence-corrected chi connectivity index (χ4v) is 5.49. The molecule has 0 aromatic heterocycles. The molecule has 1 N–H and O–H groups in total. The van der Waals surface area contributed by atoms with Crippen LogP contribution in [-0.2, 0) is 26.0 Å². The summed E-state index contributed by atoms with van der Waals surface area (Å²) >= 11 is 6.23. The van der Waals surface area contributed by atoms with Gasteiger partial charge in [0.15, 0.2) is 0 Å². The predicted octanol–water partition coefficient (Wildman–Crippen LogP) is 3.93. The predicted molar refractivity (Wildman–Crippen MR) is 140 cm³/mol. The summed E-state index contributed by atoms with van der Waals surface area (Å²) in [5.74, 6) is -0.664. The Morgan fingerprint density at radius 1 is 1.09 bits per heavy atom. The number of rotatable bonds is 10. The average molecular weight is 520 g/mol. The third-order valence-electron chi connectivity index (χ3n) is 6.54. The molecule has 0 radical (unpaired) electrons. The minimum atomic E-state index is -3.79. The molecule has 0 saturated heterocycles. The standard InChI is InChI=1S/C26H34ClN3O4S/c1-19-23(27)14-9-15-24(19)30(35(3,33)34)18-25(31)29(17-16-21-10-5-4-6-11-21)20(2)26(32)28-22-12-7-8-13-22/h4-6,9-11,14-15,20,22H,7-8,12-13,16-18H2,1-3H3,(H,28,32)/t20-/m0/s1. The van der Waals surface area contributed by atoms with E-state index in [0.29, 0.717) is 22.7 Å². The van der Waals surface area contributed by atoms with E-state index in [0.717, 1.165) is 41.8 Å². The molecule has 1 aliphatic rings. The summed E-state index contributed by atoms with van der Waals surface area (Å²) in [6, 6.07) is 14.0. The fourth-order valence-electron chi connectivity index (χ4n) is 4.42. The molecule has 2 aromatic rings. The summed E-state index contributed by atoms with van der Waals surface area (Å²) in [4.78, 5) is 28.1. The zero-order valence-electron chi connectivity index (χ0n) is 20.5. The van der Waals surface area contributed by atoms with Crippen LogP contribution < -0.4 is 9.62 Å². The molecule has 2 amide bonds. The van der Waals surface area contributed by atoms with Gasteiger partial charge in [0.2, 0.25) is 21.8 Å². The van der Waals surface area contributed by atoms with Crippen molar-refractivity contribution < 1.29 is 18.0 Å². The van der Waals surface area contributed by atoms with E-state index in [1.165, 1.54) is 4.90 Å². The van der Waals surface area contributed by atoms with Gasteiger partial charge < -0.3 is 10.2 Å². The van der Waals surface area contributed by atoms with Crippen molar-refractivity contribution >= 4 is 39.1 Å². The summed E-state index contributed by atoms with van der Waals surface area (Å²) in [5.41, 5.74) is 1.94. The average Bonchev–Trinajstić information content (AvgIpc) is 3.32. The number of sulfonamides is 1. The molecule has 1 atom stereocenters. The minimum Gasteiger partial charge on any atom is -0.352 e. The maximum atomic E-state index is 13.6. The summed E-state index contributed by atoms with van der Waals surface area (Å²) in [7, 11) is -3.79. The van der Waals surface area contributed by atoms with Crippen LogP contribution in [-0.4, -0.2) is 56.6 Å². The van der Waals surface area contributed by atoms with Crippen molar-refractivity contribution in [2.24, 2.45) is 0 Å². The van der Waals surface area contributed by atoms with Crippen LogP contribution in [0.4, 0.5) is 5.69 Å². The Kier molecular flexibility index (Phi) is 9.19. The maximum Gasteiger partial charge on any atom is 0.244 e. The molecule has 2 aromatic carbocycles. The molecule has 0 bridgehead atoms. The number of nitrogens with zero attached hydrogens (tertiary/aromatic N) is 2. The highest BCUT2D eigenvalue weighted by Crippen LogP contribution is 2.28. The molecule has 7 nitrogen and oxygen atoms in total. The number of hydrogen-bond acceptors (Lipinski definition) is 4. The van der Waals surface area contributed by atoms with Crippen molar-refractivity contribution in [2.75, 3.05) is 23.7 Å². The van der Waals surface area contributed by atoms with E-state index < -0.39 is 28.5 Å². The zero-order chi connectivity index (χ0) is 25.6. The summed E-state index contributed by atoms with van der Waals surface area (Å²) in [5, 5.41) is 3.47. The van der Waals surface area contributed by atoms with Gasteiger partial charge >= 0.3 is 0 Å². The van der Waals surface area contributed by atoms with Gasteiger partial charge in [0.05, 0.1) is 11.9 Å². The zero-order valence-corrected chi connectivity index (χ0v) is 22.1. The van der Waals surface area contributed by atoms with E-state index in [-0.39, 0.29) is 18.5 Å². The Labute approximate surface area is 213 Å². The third-order valence-corrected chi connectivity index (χ3v) is 8.08. The lowest BCUT2D eigenvalue weighted by Crippen LogP contribution is -2.53. The molecule has 0 heterocycles. The molecular formula is C26H34ClN3O4S. The minimum absolute atomic E-state index is 0.123. The molecule has 190 valence electrons. The Hall–Kier alpha value is -2.58. The van der Waals surface area contributed by atoms with Gasteiger partial charge in [0.1, 0.15) is 12.6 Å². The van der Waals surface area contributed by atoms with Crippen molar-refractivity contribution in [1.29, 1.82) is 0 Å². The van der Waals surface area contributed by atoms with E-state index in [9.17, 15) is 18.0 Å². The van der Waals surface area contributed by atoms with Crippen LogP contribution in [0.5, 0.6) is 0 Å². The molecule has 1 fully saturated rings. The highest BCUT2D eigenvalue weighted by atomic mass is 35.5. The first-order valence-electron chi connectivity index (χ1n) is 11.9. The first-order chi connectivity index (χ1) is 16.6. The molecule has 0 unspecified atom stereocenters. The van der Waals surface area contributed by atoms with Crippen LogP contribution >= 0.6 is 11.6 Å². The second-order valence-corrected chi connectivity index (χ2v) is 11.5. The van der Waals surface area contributed by atoms with Crippen LogP contribution in [0.25, 0.3) is 0 Å². The Morgan fingerprint density at radius 2 is 1.74 bits per heavy atom. The molecule has 35 heavy (non-hydrogen) atoms. The number of carbonyl (C=O) groups is 2. The van der Waals surface area contributed by atoms with Crippen molar-refractivity contribution in [3.05, 3.63) is 64.7 Å². The highest BCUT2D eigenvalue weighted by Gasteiger charge is 2.31. The van der Waals surface area contributed by atoms with E-state index in [4.69, 9.17) is 11.6 Å². The molecule has 0 spiro atoms. The number of nitrogens with one attached hydrogen (secondary N) is 1. The second kappa shape index (κ2) is 11.9. The lowest BCUT2D eigenvalue weighted by molar-refractivity contribution is -0.139. The summed E-state index contributed by atoms with van der Waals surface area (Å²) in [6.07, 6.45) is 5.64. The van der Waals surface area contributed by atoms with Crippen LogP contribution in [0.3, 0.4) is 0 Å². The smallest absolute Gasteiger partial charge is 0.244 e. The first-order valence-corrected chi connectivity index (χ1v) is 14.2. The molecule has 1 saturated carbocycles. The quantitative estimate of drug-likeness (QED) is 0.515. The Balaban J connectivity index is 1.85. The van der Waals surface area contributed by atoms with Crippen molar-refractivity contribution in [3.63, 3.8) is 0 Å². The van der Waals surface area contributed by atoms with Crippen LogP contribution in [0.15, 0.2) is 48.5 Å². The lowest BCUT2D eigenvalue weighted by Gasteiger charge is -2.32. The molecule has 9 heteroatoms. The first kappa shape index (κ1) is 27.0. The lowest BCUT2D eigenvalue weighted by atomic mass is 10.1.